The van der Waals surface area contributed by atoms with Crippen LogP contribution >= 0.6 is 11.8 Å². The van der Waals surface area contributed by atoms with E-state index in [9.17, 15) is 4.79 Å². The summed E-state index contributed by atoms with van der Waals surface area (Å²) in [5.74, 6) is 0.817. The first kappa shape index (κ1) is 19.2. The molecular weight excluding hydrogens is 350 g/mol. The average Bonchev–Trinajstić information content (AvgIpc) is 2.69. The molecule has 0 fully saturated rings. The predicted octanol–water partition coefficient (Wildman–Crippen LogP) is 6.09. The fraction of sp³-hybridized carbons (Fsp3) is 0.208. The van der Waals surface area contributed by atoms with Crippen molar-refractivity contribution in [3.63, 3.8) is 0 Å². The summed E-state index contributed by atoms with van der Waals surface area (Å²) in [6, 6.07) is 24.5. The Morgan fingerprint density at radius 3 is 2.44 bits per heavy atom. The molecular formula is C24H25NOS. The molecule has 0 unspecified atom stereocenters. The molecule has 1 atom stereocenters. The summed E-state index contributed by atoms with van der Waals surface area (Å²) >= 11 is 1.70. The molecule has 0 bridgehead atoms. The molecule has 0 aliphatic heterocycles. The van der Waals surface area contributed by atoms with Gasteiger partial charge in [-0.05, 0) is 49.6 Å². The summed E-state index contributed by atoms with van der Waals surface area (Å²) in [6.07, 6.45) is 0. The van der Waals surface area contributed by atoms with Gasteiger partial charge in [-0.3, -0.25) is 4.79 Å². The molecule has 1 N–H and O–H groups in total. The van der Waals surface area contributed by atoms with Crippen LogP contribution in [0.1, 0.15) is 45.6 Å². The van der Waals surface area contributed by atoms with Gasteiger partial charge >= 0.3 is 0 Å². The molecule has 0 aliphatic rings. The summed E-state index contributed by atoms with van der Waals surface area (Å²) < 4.78 is 0. The van der Waals surface area contributed by atoms with E-state index in [0.717, 1.165) is 21.8 Å². The minimum Gasteiger partial charge on any atom is -0.345 e. The Balaban J connectivity index is 1.74. The molecule has 138 valence electrons. The van der Waals surface area contributed by atoms with Gasteiger partial charge in [-0.25, -0.2) is 0 Å². The molecule has 27 heavy (non-hydrogen) atoms. The Morgan fingerprint density at radius 1 is 0.963 bits per heavy atom. The largest absolute Gasteiger partial charge is 0.345 e. The van der Waals surface area contributed by atoms with Crippen molar-refractivity contribution in [3.8, 4) is 0 Å². The van der Waals surface area contributed by atoms with Crippen LogP contribution in [0, 0.1) is 13.8 Å². The summed E-state index contributed by atoms with van der Waals surface area (Å²) in [5.41, 5.74) is 5.55. The van der Waals surface area contributed by atoms with Crippen LogP contribution in [-0.4, -0.2) is 5.91 Å². The number of amides is 1. The lowest BCUT2D eigenvalue weighted by Gasteiger charge is -2.18. The van der Waals surface area contributed by atoms with Crippen LogP contribution in [-0.2, 0) is 5.75 Å². The zero-order chi connectivity index (χ0) is 19.2. The van der Waals surface area contributed by atoms with Gasteiger partial charge in [0.05, 0.1) is 11.6 Å². The van der Waals surface area contributed by atoms with Gasteiger partial charge in [0, 0.05) is 10.6 Å². The number of nitrogens with one attached hydrogen (secondary N) is 1. The summed E-state index contributed by atoms with van der Waals surface area (Å²) in [5, 5.41) is 3.17. The molecule has 0 aromatic heterocycles. The number of aryl methyl sites for hydroxylation is 2. The highest BCUT2D eigenvalue weighted by Crippen LogP contribution is 2.27. The third-order valence-corrected chi connectivity index (χ3v) is 5.76. The van der Waals surface area contributed by atoms with Gasteiger partial charge < -0.3 is 5.32 Å². The van der Waals surface area contributed by atoms with E-state index in [2.05, 4.69) is 49.5 Å². The van der Waals surface area contributed by atoms with Crippen LogP contribution in [0.3, 0.4) is 0 Å². The molecule has 3 aromatic carbocycles. The van der Waals surface area contributed by atoms with Crippen molar-refractivity contribution in [1.29, 1.82) is 0 Å². The second-order valence-corrected chi connectivity index (χ2v) is 7.84. The SMILES string of the molecule is Cc1ccc(C)c([C@H](C)NC(=O)c2ccccc2SCc2ccccc2)c1. The fourth-order valence-electron chi connectivity index (χ4n) is 3.09. The van der Waals surface area contributed by atoms with Crippen molar-refractivity contribution in [2.75, 3.05) is 0 Å². The molecule has 1 amide bonds. The molecule has 0 heterocycles. The summed E-state index contributed by atoms with van der Waals surface area (Å²) in [6.45, 7) is 6.20. The molecule has 0 radical (unpaired) electrons. The van der Waals surface area contributed by atoms with E-state index in [1.807, 2.05) is 49.4 Å². The van der Waals surface area contributed by atoms with Crippen LogP contribution < -0.4 is 5.32 Å². The smallest absolute Gasteiger partial charge is 0.252 e. The Morgan fingerprint density at radius 2 is 1.67 bits per heavy atom. The molecule has 2 nitrogen and oxygen atoms in total. The van der Waals surface area contributed by atoms with E-state index in [1.54, 1.807) is 11.8 Å². The van der Waals surface area contributed by atoms with Crippen LogP contribution in [0.15, 0.2) is 77.7 Å². The normalized spacial score (nSPS) is 11.8. The molecule has 0 spiro atoms. The highest BCUT2D eigenvalue weighted by atomic mass is 32.2. The number of carbonyl (C=O) groups excluding carboxylic acids is 1. The van der Waals surface area contributed by atoms with Gasteiger partial charge in [0.15, 0.2) is 0 Å². The standard InChI is InChI=1S/C24H25NOS/c1-17-13-14-18(2)22(15-17)19(3)25-24(26)21-11-7-8-12-23(21)27-16-20-9-5-4-6-10-20/h4-15,19H,16H2,1-3H3,(H,25,26)/t19-/m0/s1. The van der Waals surface area contributed by atoms with Crippen LogP contribution in [0.25, 0.3) is 0 Å². The van der Waals surface area contributed by atoms with E-state index >= 15 is 0 Å². The number of thioether (sulfide) groups is 1. The maximum Gasteiger partial charge on any atom is 0.252 e. The van der Waals surface area contributed by atoms with Crippen molar-refractivity contribution in [2.45, 2.75) is 37.5 Å². The van der Waals surface area contributed by atoms with Crippen LogP contribution in [0.2, 0.25) is 0 Å². The topological polar surface area (TPSA) is 29.1 Å². The van der Waals surface area contributed by atoms with E-state index in [0.29, 0.717) is 0 Å². The fourth-order valence-corrected chi connectivity index (χ4v) is 4.10. The zero-order valence-electron chi connectivity index (χ0n) is 16.0. The zero-order valence-corrected chi connectivity index (χ0v) is 16.8. The van der Waals surface area contributed by atoms with Crippen molar-refractivity contribution in [2.24, 2.45) is 0 Å². The number of benzene rings is 3. The Hall–Kier alpha value is -2.52. The number of carbonyl (C=O) groups is 1. The monoisotopic (exact) mass is 375 g/mol. The maximum absolute atomic E-state index is 12.9. The third-order valence-electron chi connectivity index (χ3n) is 4.62. The van der Waals surface area contributed by atoms with Gasteiger partial charge in [0.2, 0.25) is 0 Å². The van der Waals surface area contributed by atoms with E-state index in [-0.39, 0.29) is 11.9 Å². The highest BCUT2D eigenvalue weighted by molar-refractivity contribution is 7.98. The van der Waals surface area contributed by atoms with E-state index in [4.69, 9.17) is 0 Å². The second kappa shape index (κ2) is 8.92. The van der Waals surface area contributed by atoms with Gasteiger partial charge in [0.25, 0.3) is 5.91 Å². The molecule has 3 rings (SSSR count). The summed E-state index contributed by atoms with van der Waals surface area (Å²) in [7, 11) is 0. The first-order valence-electron chi connectivity index (χ1n) is 9.18. The lowest BCUT2D eigenvalue weighted by molar-refractivity contribution is 0.0937. The average molecular weight is 376 g/mol. The first-order chi connectivity index (χ1) is 13.0. The second-order valence-electron chi connectivity index (χ2n) is 6.83. The minimum absolute atomic E-state index is 0.0282. The lowest BCUT2D eigenvalue weighted by atomic mass is 10.00. The minimum atomic E-state index is -0.0374. The van der Waals surface area contributed by atoms with E-state index in [1.165, 1.54) is 16.7 Å². The molecule has 0 aliphatic carbocycles. The quantitative estimate of drug-likeness (QED) is 0.528. The first-order valence-corrected chi connectivity index (χ1v) is 10.2. The van der Waals surface area contributed by atoms with Crippen molar-refractivity contribution < 1.29 is 4.79 Å². The van der Waals surface area contributed by atoms with Crippen molar-refractivity contribution in [1.82, 2.24) is 5.32 Å². The Kier molecular flexibility index (Phi) is 6.36. The molecule has 3 aromatic rings. The van der Waals surface area contributed by atoms with Gasteiger partial charge in [0.1, 0.15) is 0 Å². The van der Waals surface area contributed by atoms with Crippen LogP contribution in [0.5, 0.6) is 0 Å². The van der Waals surface area contributed by atoms with Gasteiger partial charge in [-0.1, -0.05) is 66.2 Å². The van der Waals surface area contributed by atoms with Crippen LogP contribution in [0.4, 0.5) is 0 Å². The number of rotatable bonds is 6. The predicted molar refractivity (Wildman–Crippen MR) is 114 cm³/mol. The molecule has 0 saturated carbocycles. The highest BCUT2D eigenvalue weighted by Gasteiger charge is 2.16. The van der Waals surface area contributed by atoms with Gasteiger partial charge in [-0.15, -0.1) is 11.8 Å². The van der Waals surface area contributed by atoms with Gasteiger partial charge in [-0.2, -0.15) is 0 Å². The molecule has 3 heteroatoms. The van der Waals surface area contributed by atoms with Crippen molar-refractivity contribution >= 4 is 17.7 Å². The van der Waals surface area contributed by atoms with Crippen molar-refractivity contribution in [3.05, 3.63) is 101 Å². The number of hydrogen-bond acceptors (Lipinski definition) is 2. The van der Waals surface area contributed by atoms with E-state index < -0.39 is 0 Å². The summed E-state index contributed by atoms with van der Waals surface area (Å²) in [4.78, 5) is 13.9. The Labute approximate surface area is 166 Å². The number of hydrogen-bond donors (Lipinski definition) is 1. The third kappa shape index (κ3) is 5.01. The maximum atomic E-state index is 12.9. The molecule has 0 saturated heterocycles. The Bertz CT molecular complexity index is 921. The lowest BCUT2D eigenvalue weighted by Crippen LogP contribution is -2.27.